The summed E-state index contributed by atoms with van der Waals surface area (Å²) in [5.41, 5.74) is -4.16. The second-order valence-corrected chi connectivity index (χ2v) is 10.9. The van der Waals surface area contributed by atoms with Crippen LogP contribution in [-0.2, 0) is 9.47 Å². The van der Waals surface area contributed by atoms with Crippen molar-refractivity contribution in [3.63, 3.8) is 0 Å². The van der Waals surface area contributed by atoms with E-state index in [1.54, 1.807) is 30.3 Å². The van der Waals surface area contributed by atoms with Crippen LogP contribution < -0.4 is 0 Å². The number of ether oxygens (including phenoxy) is 2. The number of alkyl halides is 6. The highest BCUT2D eigenvalue weighted by Gasteiger charge is 2.68. The Bertz CT molecular complexity index is 1490. The van der Waals surface area contributed by atoms with Gasteiger partial charge in [0.2, 0.25) is 0 Å². The Morgan fingerprint density at radius 3 is 2.26 bits per heavy atom. The highest BCUT2D eigenvalue weighted by Crippen LogP contribution is 2.72. The molecule has 2 aromatic heterocycles. The number of furan rings is 1. The number of esters is 1. The number of allylic oxidation sites excluding steroid dienone is 4. The maximum absolute atomic E-state index is 14.4. The Hall–Kier alpha value is -3.47. The molecule has 0 saturated heterocycles. The van der Waals surface area contributed by atoms with Crippen molar-refractivity contribution >= 4 is 39.4 Å². The molecule has 2 unspecified atom stereocenters. The fraction of sp³-hybridized carbons (Fsp3) is 0.321. The van der Waals surface area contributed by atoms with Gasteiger partial charge in [-0.15, -0.1) is 11.3 Å². The normalized spacial score (nSPS) is 20.7. The lowest BCUT2D eigenvalue weighted by Crippen LogP contribution is -2.27. The lowest BCUT2D eigenvalue weighted by molar-refractivity contribution is -0.117. The standard InChI is InChI=1S/C28H22F6O4S/c1-4-36-11-12-37-25(35)18-10-9-17(39-18)20-19(16-13-14-7-5-6-8-15(14)38-16)21-23(27(29,30)31)24(28(32,33)34)22(20)26(21,2)3/h4-10,13,21-22H,1,11-12H2,2-3H3. The summed E-state index contributed by atoms with van der Waals surface area (Å²) in [6.45, 7) is 6.17. The van der Waals surface area contributed by atoms with E-state index in [1.165, 1.54) is 32.2 Å². The van der Waals surface area contributed by atoms with Gasteiger partial charge in [0.15, 0.2) is 0 Å². The Morgan fingerprint density at radius 2 is 1.64 bits per heavy atom. The Balaban J connectivity index is 1.69. The number of para-hydroxylation sites is 1. The van der Waals surface area contributed by atoms with E-state index in [-0.39, 0.29) is 39.9 Å². The van der Waals surface area contributed by atoms with Gasteiger partial charge in [-0.1, -0.05) is 38.6 Å². The summed E-state index contributed by atoms with van der Waals surface area (Å²) in [4.78, 5) is 12.9. The van der Waals surface area contributed by atoms with Crippen LogP contribution in [0.2, 0.25) is 0 Å². The first-order valence-electron chi connectivity index (χ1n) is 11.9. The number of thiophene rings is 1. The van der Waals surface area contributed by atoms with E-state index in [1.807, 2.05) is 0 Å². The average Bonchev–Trinajstić information content (AvgIpc) is 3.59. The van der Waals surface area contributed by atoms with Gasteiger partial charge in [-0.3, -0.25) is 0 Å². The van der Waals surface area contributed by atoms with Gasteiger partial charge in [-0.2, -0.15) is 26.3 Å². The molecule has 0 spiro atoms. The zero-order valence-corrected chi connectivity index (χ0v) is 21.5. The zero-order chi connectivity index (χ0) is 28.3. The minimum absolute atomic E-state index is 0.0441. The monoisotopic (exact) mass is 568 g/mol. The quantitative estimate of drug-likeness (QED) is 0.0944. The molecule has 4 nitrogen and oxygen atoms in total. The molecular formula is C28H22F6O4S. The third-order valence-electron chi connectivity index (χ3n) is 7.15. The van der Waals surface area contributed by atoms with Gasteiger partial charge >= 0.3 is 18.3 Å². The molecular weight excluding hydrogens is 546 g/mol. The van der Waals surface area contributed by atoms with Crippen LogP contribution in [0.5, 0.6) is 0 Å². The van der Waals surface area contributed by atoms with Crippen LogP contribution >= 0.6 is 11.3 Å². The first-order chi connectivity index (χ1) is 18.3. The number of hydrogen-bond donors (Lipinski definition) is 0. The lowest BCUT2D eigenvalue weighted by atomic mass is 9.75. The fourth-order valence-corrected chi connectivity index (χ4v) is 6.78. The molecule has 0 N–H and O–H groups in total. The summed E-state index contributed by atoms with van der Waals surface area (Å²) in [6.07, 6.45) is -9.26. The van der Waals surface area contributed by atoms with E-state index >= 15 is 0 Å². The topological polar surface area (TPSA) is 48.7 Å². The smallest absolute Gasteiger partial charge is 0.413 e. The molecule has 0 saturated carbocycles. The van der Waals surface area contributed by atoms with Gasteiger partial charge in [0, 0.05) is 33.2 Å². The molecule has 2 aliphatic rings. The molecule has 1 aromatic carbocycles. The zero-order valence-electron chi connectivity index (χ0n) is 20.7. The number of fused-ring (bicyclic) bond motifs is 3. The first-order valence-corrected chi connectivity index (χ1v) is 12.7. The van der Waals surface area contributed by atoms with Crippen LogP contribution in [-0.4, -0.2) is 31.5 Å². The van der Waals surface area contributed by atoms with Crippen molar-refractivity contribution in [1.29, 1.82) is 0 Å². The second-order valence-electron chi connectivity index (χ2n) is 9.82. The molecule has 39 heavy (non-hydrogen) atoms. The highest BCUT2D eigenvalue weighted by atomic mass is 32.1. The van der Waals surface area contributed by atoms with Gasteiger partial charge < -0.3 is 13.9 Å². The molecule has 206 valence electrons. The highest BCUT2D eigenvalue weighted by molar-refractivity contribution is 7.15. The summed E-state index contributed by atoms with van der Waals surface area (Å²) in [5, 5.41) is 0.603. The maximum Gasteiger partial charge on any atom is 0.413 e. The predicted octanol–water partition coefficient (Wildman–Crippen LogP) is 8.43. The minimum atomic E-state index is -5.23. The van der Waals surface area contributed by atoms with Crippen LogP contribution in [0.1, 0.15) is 34.2 Å². The summed E-state index contributed by atoms with van der Waals surface area (Å²) in [5.74, 6) is -3.93. The van der Waals surface area contributed by atoms with Crippen molar-refractivity contribution in [2.24, 2.45) is 17.3 Å². The molecule has 2 heterocycles. The molecule has 5 rings (SSSR count). The van der Waals surface area contributed by atoms with E-state index in [2.05, 4.69) is 6.58 Å². The second kappa shape index (κ2) is 9.32. The van der Waals surface area contributed by atoms with Crippen molar-refractivity contribution in [3.8, 4) is 0 Å². The molecule has 0 fully saturated rings. The molecule has 2 atom stereocenters. The van der Waals surface area contributed by atoms with E-state index in [0.29, 0.717) is 11.0 Å². The molecule has 0 amide bonds. The third kappa shape index (κ3) is 4.46. The number of halogens is 6. The van der Waals surface area contributed by atoms with E-state index in [9.17, 15) is 31.1 Å². The predicted molar refractivity (Wildman–Crippen MR) is 134 cm³/mol. The minimum Gasteiger partial charge on any atom is -0.498 e. The summed E-state index contributed by atoms with van der Waals surface area (Å²) in [7, 11) is 0. The van der Waals surface area contributed by atoms with E-state index < -0.39 is 46.7 Å². The van der Waals surface area contributed by atoms with Gasteiger partial charge in [-0.05, 0) is 35.3 Å². The molecule has 0 radical (unpaired) electrons. The largest absolute Gasteiger partial charge is 0.498 e. The van der Waals surface area contributed by atoms with Crippen molar-refractivity contribution in [2.45, 2.75) is 26.2 Å². The van der Waals surface area contributed by atoms with Gasteiger partial charge in [0.25, 0.3) is 0 Å². The summed E-state index contributed by atoms with van der Waals surface area (Å²) >= 11 is 0.863. The van der Waals surface area contributed by atoms with Crippen molar-refractivity contribution in [2.75, 3.05) is 13.2 Å². The van der Waals surface area contributed by atoms with Crippen LogP contribution in [0.4, 0.5) is 26.3 Å². The molecule has 11 heteroatoms. The van der Waals surface area contributed by atoms with Crippen molar-refractivity contribution in [3.05, 3.63) is 82.0 Å². The molecule has 2 bridgehead atoms. The van der Waals surface area contributed by atoms with Crippen LogP contribution in [0.15, 0.2) is 70.9 Å². The first kappa shape index (κ1) is 27.1. The number of carbonyl (C=O) groups excluding carboxylic acids is 1. The van der Waals surface area contributed by atoms with Crippen LogP contribution in [0.25, 0.3) is 22.1 Å². The van der Waals surface area contributed by atoms with Gasteiger partial charge in [0.1, 0.15) is 29.4 Å². The summed E-state index contributed by atoms with van der Waals surface area (Å²) < 4.78 is 102. The van der Waals surface area contributed by atoms with Gasteiger partial charge in [-0.25, -0.2) is 4.79 Å². The van der Waals surface area contributed by atoms with Crippen molar-refractivity contribution in [1.82, 2.24) is 0 Å². The van der Waals surface area contributed by atoms with Gasteiger partial charge in [0.05, 0.1) is 11.8 Å². The number of hydrogen-bond acceptors (Lipinski definition) is 5. The fourth-order valence-electron chi connectivity index (χ4n) is 5.79. The SMILES string of the molecule is C=COCCOC(=O)c1ccc(C2=C(c3cc4ccccc4o3)C3C(C(F)(F)F)=C(C(F)(F)F)C2C3(C)C)s1. The Morgan fingerprint density at radius 1 is 1.00 bits per heavy atom. The average molecular weight is 569 g/mol. The van der Waals surface area contributed by atoms with Crippen molar-refractivity contribution < 1.29 is 45.0 Å². The van der Waals surface area contributed by atoms with Crippen LogP contribution in [0, 0.1) is 17.3 Å². The third-order valence-corrected chi connectivity index (χ3v) is 8.25. The lowest BCUT2D eigenvalue weighted by Gasteiger charge is -2.29. The number of rotatable bonds is 7. The van der Waals surface area contributed by atoms with E-state index in [4.69, 9.17) is 13.9 Å². The molecule has 0 aliphatic heterocycles. The number of carbonyl (C=O) groups is 1. The van der Waals surface area contributed by atoms with Crippen LogP contribution in [0.3, 0.4) is 0 Å². The maximum atomic E-state index is 14.4. The Labute approximate surface area is 223 Å². The van der Waals surface area contributed by atoms with E-state index in [0.717, 1.165) is 11.3 Å². The molecule has 2 aliphatic carbocycles. The Kier molecular flexibility index (Phi) is 6.48. The summed E-state index contributed by atoms with van der Waals surface area (Å²) in [6, 6.07) is 11.1. The number of benzene rings is 1. The molecule has 3 aromatic rings.